The average molecular weight is 306 g/mol. The lowest BCUT2D eigenvalue weighted by atomic mass is 10.1. The number of aryl methyl sites for hydroxylation is 1. The van der Waals surface area contributed by atoms with Crippen LogP contribution in [0.4, 0.5) is 5.69 Å². The lowest BCUT2D eigenvalue weighted by Crippen LogP contribution is -2.40. The molecule has 0 aromatic heterocycles. The van der Waals surface area contributed by atoms with Crippen molar-refractivity contribution in [2.24, 2.45) is 0 Å². The SMILES string of the molecule is CCCCc1ccc(NC(=O)C(=O)NC(C)CCCO)cc1. The van der Waals surface area contributed by atoms with Crippen LogP contribution in [-0.4, -0.2) is 29.6 Å². The van der Waals surface area contributed by atoms with Crippen LogP contribution in [0.2, 0.25) is 0 Å². The first-order valence-electron chi connectivity index (χ1n) is 7.88. The van der Waals surface area contributed by atoms with Crippen LogP contribution in [-0.2, 0) is 16.0 Å². The molecule has 1 rings (SSSR count). The number of unbranched alkanes of at least 4 members (excludes halogenated alkanes) is 1. The second-order valence-corrected chi connectivity index (χ2v) is 5.49. The summed E-state index contributed by atoms with van der Waals surface area (Å²) in [5.41, 5.74) is 1.84. The highest BCUT2D eigenvalue weighted by Crippen LogP contribution is 2.11. The van der Waals surface area contributed by atoms with Gasteiger partial charge in [0, 0.05) is 18.3 Å². The number of hydrogen-bond acceptors (Lipinski definition) is 3. The zero-order chi connectivity index (χ0) is 16.4. The van der Waals surface area contributed by atoms with E-state index in [1.165, 1.54) is 5.56 Å². The maximum absolute atomic E-state index is 11.8. The summed E-state index contributed by atoms with van der Waals surface area (Å²) in [5.74, 6) is -1.32. The molecule has 0 aliphatic rings. The van der Waals surface area contributed by atoms with Crippen LogP contribution in [0.15, 0.2) is 24.3 Å². The van der Waals surface area contributed by atoms with E-state index in [2.05, 4.69) is 17.6 Å². The van der Waals surface area contributed by atoms with Crippen LogP contribution in [0, 0.1) is 0 Å². The van der Waals surface area contributed by atoms with Crippen LogP contribution >= 0.6 is 0 Å². The maximum atomic E-state index is 11.8. The molecule has 1 aromatic rings. The number of benzene rings is 1. The molecule has 0 saturated carbocycles. The zero-order valence-electron chi connectivity index (χ0n) is 13.4. The third-order valence-corrected chi connectivity index (χ3v) is 3.41. The minimum Gasteiger partial charge on any atom is -0.396 e. The van der Waals surface area contributed by atoms with Gasteiger partial charge in [0.1, 0.15) is 0 Å². The van der Waals surface area contributed by atoms with E-state index < -0.39 is 11.8 Å². The molecular formula is C17H26N2O3. The van der Waals surface area contributed by atoms with E-state index in [4.69, 9.17) is 5.11 Å². The van der Waals surface area contributed by atoms with Gasteiger partial charge in [0.15, 0.2) is 0 Å². The van der Waals surface area contributed by atoms with E-state index in [0.717, 1.165) is 19.3 Å². The van der Waals surface area contributed by atoms with Crippen molar-refractivity contribution in [1.82, 2.24) is 5.32 Å². The molecule has 1 aromatic carbocycles. The molecule has 0 aliphatic carbocycles. The predicted octanol–water partition coefficient (Wildman–Crippen LogP) is 2.24. The summed E-state index contributed by atoms with van der Waals surface area (Å²) in [6, 6.07) is 7.42. The van der Waals surface area contributed by atoms with Crippen molar-refractivity contribution in [3.05, 3.63) is 29.8 Å². The first-order chi connectivity index (χ1) is 10.6. The van der Waals surface area contributed by atoms with E-state index in [1.54, 1.807) is 0 Å². The Morgan fingerprint density at radius 1 is 1.14 bits per heavy atom. The Hall–Kier alpha value is -1.88. The molecule has 0 heterocycles. The predicted molar refractivity (Wildman–Crippen MR) is 87.6 cm³/mol. The molecule has 0 aliphatic heterocycles. The van der Waals surface area contributed by atoms with Crippen molar-refractivity contribution < 1.29 is 14.7 Å². The summed E-state index contributed by atoms with van der Waals surface area (Å²) in [5, 5.41) is 13.9. The van der Waals surface area contributed by atoms with Crippen molar-refractivity contribution in [3.63, 3.8) is 0 Å². The Kier molecular flexibility index (Phi) is 8.22. The highest BCUT2D eigenvalue weighted by molar-refractivity contribution is 6.39. The molecular weight excluding hydrogens is 280 g/mol. The highest BCUT2D eigenvalue weighted by atomic mass is 16.3. The minimum absolute atomic E-state index is 0.0801. The fourth-order valence-electron chi connectivity index (χ4n) is 2.08. The van der Waals surface area contributed by atoms with Gasteiger partial charge in [0.05, 0.1) is 0 Å². The van der Waals surface area contributed by atoms with E-state index in [9.17, 15) is 9.59 Å². The van der Waals surface area contributed by atoms with Crippen molar-refractivity contribution in [2.45, 2.75) is 52.0 Å². The summed E-state index contributed by atoms with van der Waals surface area (Å²) < 4.78 is 0. The van der Waals surface area contributed by atoms with Gasteiger partial charge in [0.2, 0.25) is 0 Å². The summed E-state index contributed by atoms with van der Waals surface area (Å²) in [7, 11) is 0. The van der Waals surface area contributed by atoms with Crippen LogP contribution in [0.1, 0.15) is 45.1 Å². The largest absolute Gasteiger partial charge is 0.396 e. The van der Waals surface area contributed by atoms with Crippen LogP contribution in [0.25, 0.3) is 0 Å². The van der Waals surface area contributed by atoms with Gasteiger partial charge in [-0.15, -0.1) is 0 Å². The lowest BCUT2D eigenvalue weighted by Gasteiger charge is -2.13. The maximum Gasteiger partial charge on any atom is 0.313 e. The molecule has 5 heteroatoms. The number of rotatable bonds is 8. The summed E-state index contributed by atoms with van der Waals surface area (Å²) in [6.45, 7) is 4.04. The van der Waals surface area contributed by atoms with Gasteiger partial charge in [-0.25, -0.2) is 0 Å². The molecule has 0 radical (unpaired) electrons. The van der Waals surface area contributed by atoms with Crippen molar-refractivity contribution in [1.29, 1.82) is 0 Å². The Bertz CT molecular complexity index is 471. The van der Waals surface area contributed by atoms with Crippen molar-refractivity contribution >= 4 is 17.5 Å². The second-order valence-electron chi connectivity index (χ2n) is 5.49. The first-order valence-corrected chi connectivity index (χ1v) is 7.88. The standard InChI is InChI=1S/C17H26N2O3/c1-3-4-7-14-8-10-15(11-9-14)19-17(22)16(21)18-13(2)6-5-12-20/h8-11,13,20H,3-7,12H2,1-2H3,(H,18,21)(H,19,22). The van der Waals surface area contributed by atoms with Crippen LogP contribution in [0.5, 0.6) is 0 Å². The Balaban J connectivity index is 2.44. The Labute approximate surface area is 132 Å². The fourth-order valence-corrected chi connectivity index (χ4v) is 2.08. The fraction of sp³-hybridized carbons (Fsp3) is 0.529. The molecule has 2 amide bonds. The van der Waals surface area contributed by atoms with E-state index in [-0.39, 0.29) is 12.6 Å². The summed E-state index contributed by atoms with van der Waals surface area (Å²) >= 11 is 0. The van der Waals surface area contributed by atoms with E-state index in [1.807, 2.05) is 31.2 Å². The van der Waals surface area contributed by atoms with Gasteiger partial charge in [0.25, 0.3) is 0 Å². The number of carbonyl (C=O) groups is 2. The van der Waals surface area contributed by atoms with Crippen molar-refractivity contribution in [2.75, 3.05) is 11.9 Å². The number of nitrogens with one attached hydrogen (secondary N) is 2. The Morgan fingerprint density at radius 3 is 2.41 bits per heavy atom. The van der Waals surface area contributed by atoms with E-state index >= 15 is 0 Å². The van der Waals surface area contributed by atoms with Crippen LogP contribution < -0.4 is 10.6 Å². The average Bonchev–Trinajstić information content (AvgIpc) is 2.52. The molecule has 0 spiro atoms. The Morgan fingerprint density at radius 2 is 1.82 bits per heavy atom. The van der Waals surface area contributed by atoms with Gasteiger partial charge in [-0.2, -0.15) is 0 Å². The molecule has 1 atom stereocenters. The first kappa shape index (κ1) is 18.2. The van der Waals surface area contributed by atoms with Crippen LogP contribution in [0.3, 0.4) is 0 Å². The smallest absolute Gasteiger partial charge is 0.313 e. The summed E-state index contributed by atoms with van der Waals surface area (Å²) in [4.78, 5) is 23.5. The monoisotopic (exact) mass is 306 g/mol. The summed E-state index contributed by atoms with van der Waals surface area (Å²) in [6.07, 6.45) is 4.55. The third-order valence-electron chi connectivity index (χ3n) is 3.41. The number of aliphatic hydroxyl groups is 1. The molecule has 0 fully saturated rings. The number of carbonyl (C=O) groups excluding carboxylic acids is 2. The number of hydrogen-bond donors (Lipinski definition) is 3. The topological polar surface area (TPSA) is 78.4 Å². The highest BCUT2D eigenvalue weighted by Gasteiger charge is 2.15. The van der Waals surface area contributed by atoms with Gasteiger partial charge in [-0.1, -0.05) is 25.5 Å². The molecule has 0 bridgehead atoms. The quantitative estimate of drug-likeness (QED) is 0.645. The van der Waals surface area contributed by atoms with Gasteiger partial charge >= 0.3 is 11.8 Å². The zero-order valence-corrected chi connectivity index (χ0v) is 13.4. The molecule has 22 heavy (non-hydrogen) atoms. The van der Waals surface area contributed by atoms with Gasteiger partial charge < -0.3 is 15.7 Å². The molecule has 122 valence electrons. The third kappa shape index (κ3) is 6.72. The minimum atomic E-state index is -0.669. The lowest BCUT2D eigenvalue weighted by molar-refractivity contribution is -0.136. The number of anilines is 1. The molecule has 0 saturated heterocycles. The van der Waals surface area contributed by atoms with Crippen molar-refractivity contribution in [3.8, 4) is 0 Å². The number of amides is 2. The van der Waals surface area contributed by atoms with Gasteiger partial charge in [-0.3, -0.25) is 9.59 Å². The van der Waals surface area contributed by atoms with E-state index in [0.29, 0.717) is 18.5 Å². The molecule has 3 N–H and O–H groups in total. The normalized spacial score (nSPS) is 11.8. The number of aliphatic hydroxyl groups excluding tert-OH is 1. The molecule has 5 nitrogen and oxygen atoms in total. The second kappa shape index (κ2) is 9.95. The van der Waals surface area contributed by atoms with Gasteiger partial charge in [-0.05, 0) is 50.3 Å². The molecule has 1 unspecified atom stereocenters.